The summed E-state index contributed by atoms with van der Waals surface area (Å²) in [6.45, 7) is 2.19. The Hall–Kier alpha value is -2.23. The number of alkyl halides is 3. The van der Waals surface area contributed by atoms with Crippen molar-refractivity contribution in [1.82, 2.24) is 24.9 Å². The van der Waals surface area contributed by atoms with E-state index in [-0.39, 0.29) is 18.0 Å². The van der Waals surface area contributed by atoms with Crippen LogP contribution in [0, 0.1) is 5.92 Å². The van der Waals surface area contributed by atoms with Crippen LogP contribution in [-0.4, -0.2) is 38.0 Å². The first-order chi connectivity index (χ1) is 13.4. The SMILES string of the molecule is O=c1cc2c(nn1CC1CCN(Cc3nnc(C(F)(F)F)o3)CC1)CCCC2. The van der Waals surface area contributed by atoms with Gasteiger partial charge in [0.2, 0.25) is 5.89 Å². The van der Waals surface area contributed by atoms with Crippen LogP contribution >= 0.6 is 0 Å². The summed E-state index contributed by atoms with van der Waals surface area (Å²) >= 11 is 0. The summed E-state index contributed by atoms with van der Waals surface area (Å²) in [5.41, 5.74) is 2.08. The molecule has 4 rings (SSSR count). The second-order valence-electron chi connectivity index (χ2n) is 7.56. The van der Waals surface area contributed by atoms with Gasteiger partial charge < -0.3 is 4.42 Å². The molecule has 28 heavy (non-hydrogen) atoms. The van der Waals surface area contributed by atoms with Crippen molar-refractivity contribution in [1.29, 1.82) is 0 Å². The van der Waals surface area contributed by atoms with Gasteiger partial charge in [-0.2, -0.15) is 18.3 Å². The highest BCUT2D eigenvalue weighted by Crippen LogP contribution is 2.28. The minimum atomic E-state index is -4.62. The predicted molar refractivity (Wildman–Crippen MR) is 92.4 cm³/mol. The van der Waals surface area contributed by atoms with Gasteiger partial charge in [0.25, 0.3) is 5.56 Å². The first-order valence-corrected chi connectivity index (χ1v) is 9.60. The number of hydrogen-bond donors (Lipinski definition) is 0. The summed E-state index contributed by atoms with van der Waals surface area (Å²) in [6, 6.07) is 1.73. The van der Waals surface area contributed by atoms with Gasteiger partial charge in [0.05, 0.1) is 12.2 Å². The molecule has 1 aliphatic heterocycles. The minimum absolute atomic E-state index is 0.0293. The van der Waals surface area contributed by atoms with E-state index in [0.717, 1.165) is 49.8 Å². The van der Waals surface area contributed by atoms with Crippen LogP contribution in [0.1, 0.15) is 48.7 Å². The highest BCUT2D eigenvalue weighted by Gasteiger charge is 2.38. The number of likely N-dealkylation sites (tertiary alicyclic amines) is 1. The van der Waals surface area contributed by atoms with E-state index in [1.54, 1.807) is 10.7 Å². The molecule has 0 bridgehead atoms. The molecule has 3 heterocycles. The average Bonchev–Trinajstić information content (AvgIpc) is 3.13. The zero-order chi connectivity index (χ0) is 19.7. The lowest BCUT2D eigenvalue weighted by molar-refractivity contribution is -0.157. The largest absolute Gasteiger partial charge is 0.470 e. The van der Waals surface area contributed by atoms with Crippen LogP contribution in [0.2, 0.25) is 0 Å². The van der Waals surface area contributed by atoms with Crippen molar-refractivity contribution in [2.24, 2.45) is 5.92 Å². The molecule has 0 aromatic carbocycles. The maximum absolute atomic E-state index is 12.5. The van der Waals surface area contributed by atoms with E-state index in [4.69, 9.17) is 4.42 Å². The van der Waals surface area contributed by atoms with Crippen molar-refractivity contribution in [2.75, 3.05) is 13.1 Å². The first-order valence-electron chi connectivity index (χ1n) is 9.60. The zero-order valence-electron chi connectivity index (χ0n) is 15.4. The van der Waals surface area contributed by atoms with Crippen LogP contribution in [0.3, 0.4) is 0 Å². The third kappa shape index (κ3) is 4.26. The van der Waals surface area contributed by atoms with Crippen molar-refractivity contribution in [2.45, 2.75) is 57.8 Å². The van der Waals surface area contributed by atoms with Crippen LogP contribution in [0.25, 0.3) is 0 Å². The maximum Gasteiger partial charge on any atom is 0.470 e. The number of nitrogens with zero attached hydrogens (tertiary/aromatic N) is 5. The zero-order valence-corrected chi connectivity index (χ0v) is 15.4. The molecule has 0 amide bonds. The van der Waals surface area contributed by atoms with Crippen molar-refractivity contribution >= 4 is 0 Å². The number of hydrogen-bond acceptors (Lipinski definition) is 6. The van der Waals surface area contributed by atoms with Crippen LogP contribution in [0.15, 0.2) is 15.3 Å². The third-order valence-corrected chi connectivity index (χ3v) is 5.48. The Kier molecular flexibility index (Phi) is 5.22. The molecule has 7 nitrogen and oxygen atoms in total. The van der Waals surface area contributed by atoms with Gasteiger partial charge in [-0.15, -0.1) is 10.2 Å². The molecule has 0 saturated carbocycles. The lowest BCUT2D eigenvalue weighted by atomic mass is 9.96. The quantitative estimate of drug-likeness (QED) is 0.789. The van der Waals surface area contributed by atoms with Gasteiger partial charge in [-0.05, 0) is 63.1 Å². The topological polar surface area (TPSA) is 77.1 Å². The van der Waals surface area contributed by atoms with Gasteiger partial charge in [-0.1, -0.05) is 0 Å². The normalized spacial score (nSPS) is 19.0. The molecule has 10 heteroatoms. The summed E-state index contributed by atoms with van der Waals surface area (Å²) < 4.78 is 43.9. The molecule has 0 unspecified atom stereocenters. The van der Waals surface area contributed by atoms with Gasteiger partial charge in [0, 0.05) is 12.6 Å². The number of halogens is 3. The molecule has 2 aromatic rings. The molecule has 0 spiro atoms. The Balaban J connectivity index is 1.32. The lowest BCUT2D eigenvalue weighted by Crippen LogP contribution is -2.37. The van der Waals surface area contributed by atoms with Crippen molar-refractivity contribution in [3.8, 4) is 0 Å². The van der Waals surface area contributed by atoms with Crippen molar-refractivity contribution in [3.63, 3.8) is 0 Å². The summed E-state index contributed by atoms with van der Waals surface area (Å²) in [5.74, 6) is -1.02. The predicted octanol–water partition coefficient (Wildman–Crippen LogP) is 2.44. The molecule has 152 valence electrons. The molecule has 1 aliphatic carbocycles. The van der Waals surface area contributed by atoms with E-state index in [0.29, 0.717) is 25.6 Å². The molecule has 0 N–H and O–H groups in total. The highest BCUT2D eigenvalue weighted by atomic mass is 19.4. The van der Waals surface area contributed by atoms with Crippen molar-refractivity contribution in [3.05, 3.63) is 39.5 Å². The lowest BCUT2D eigenvalue weighted by Gasteiger charge is -2.31. The Morgan fingerprint density at radius 1 is 1.14 bits per heavy atom. The molecule has 1 fully saturated rings. The molecular weight excluding hydrogens is 375 g/mol. The van der Waals surface area contributed by atoms with Crippen molar-refractivity contribution < 1.29 is 17.6 Å². The minimum Gasteiger partial charge on any atom is -0.416 e. The fourth-order valence-corrected chi connectivity index (χ4v) is 3.93. The Morgan fingerprint density at radius 3 is 2.61 bits per heavy atom. The number of fused-ring (bicyclic) bond motifs is 1. The van der Waals surface area contributed by atoms with Gasteiger partial charge in [-0.25, -0.2) is 4.68 Å². The Bertz CT molecular complexity index is 884. The van der Waals surface area contributed by atoms with E-state index in [1.807, 2.05) is 4.90 Å². The number of rotatable bonds is 4. The molecule has 2 aromatic heterocycles. The van der Waals surface area contributed by atoms with E-state index >= 15 is 0 Å². The van der Waals surface area contributed by atoms with Crippen LogP contribution < -0.4 is 5.56 Å². The average molecular weight is 397 g/mol. The van der Waals surface area contributed by atoms with Gasteiger partial charge >= 0.3 is 12.1 Å². The second-order valence-corrected chi connectivity index (χ2v) is 7.56. The highest BCUT2D eigenvalue weighted by molar-refractivity contribution is 5.20. The standard InChI is InChI=1S/C18H22F3N5O2/c19-18(20,21)17-23-22-15(28-17)11-25-7-5-12(6-8-25)10-26-16(27)9-13-3-1-2-4-14(13)24-26/h9,12H,1-8,10-11H2. The number of aromatic nitrogens is 4. The van der Waals surface area contributed by atoms with Gasteiger partial charge in [0.15, 0.2) is 0 Å². The van der Waals surface area contributed by atoms with Gasteiger partial charge in [-0.3, -0.25) is 9.69 Å². The molecule has 2 aliphatic rings. The molecule has 1 saturated heterocycles. The van der Waals surface area contributed by atoms with E-state index < -0.39 is 12.1 Å². The van der Waals surface area contributed by atoms with E-state index in [1.165, 1.54) is 0 Å². The van der Waals surface area contributed by atoms with Crippen LogP contribution in [0.5, 0.6) is 0 Å². The van der Waals surface area contributed by atoms with Crippen LogP contribution in [-0.2, 0) is 32.1 Å². The Labute approximate surface area is 159 Å². The summed E-state index contributed by atoms with van der Waals surface area (Å²) in [6.07, 6.45) is 1.15. The Morgan fingerprint density at radius 2 is 1.89 bits per heavy atom. The number of piperidine rings is 1. The van der Waals surface area contributed by atoms with Crippen LogP contribution in [0.4, 0.5) is 13.2 Å². The molecular formula is C18H22F3N5O2. The monoisotopic (exact) mass is 397 g/mol. The fourth-order valence-electron chi connectivity index (χ4n) is 3.93. The summed E-state index contributed by atoms with van der Waals surface area (Å²) in [7, 11) is 0. The van der Waals surface area contributed by atoms with Gasteiger partial charge in [0.1, 0.15) is 0 Å². The maximum atomic E-state index is 12.5. The summed E-state index contributed by atoms with van der Waals surface area (Å²) in [5, 5.41) is 11.1. The van der Waals surface area contributed by atoms with E-state index in [2.05, 4.69) is 15.3 Å². The molecule has 0 radical (unpaired) electrons. The molecule has 0 atom stereocenters. The summed E-state index contributed by atoms with van der Waals surface area (Å²) in [4.78, 5) is 14.3. The van der Waals surface area contributed by atoms with E-state index in [9.17, 15) is 18.0 Å². The second kappa shape index (κ2) is 7.65. The fraction of sp³-hybridized carbons (Fsp3) is 0.667. The first kappa shape index (κ1) is 19.1. The smallest absolute Gasteiger partial charge is 0.416 e. The third-order valence-electron chi connectivity index (χ3n) is 5.48. The number of aryl methyl sites for hydroxylation is 2.